The second kappa shape index (κ2) is 5.22. The zero-order valence-electron chi connectivity index (χ0n) is 3.50. The Bertz CT molecular complexity index is 119. The maximum atomic E-state index is 10.5. The summed E-state index contributed by atoms with van der Waals surface area (Å²) >= 11 is -1.32. The van der Waals surface area contributed by atoms with Crippen LogP contribution in [-0.4, -0.2) is 45.2 Å². The van der Waals surface area contributed by atoms with Gasteiger partial charge in [-0.05, 0) is 0 Å². The topological polar surface area (TPSA) is 52.6 Å². The standard InChI is InChI=1S/Bi.ClFO4Te.3H/c;1-5-7(3,4)6-2;;;. The first-order valence-corrected chi connectivity index (χ1v) is 5.09. The Kier molecular flexibility index (Phi) is 7.91. The van der Waals surface area contributed by atoms with Crippen molar-refractivity contribution in [3.8, 4) is 0 Å². The van der Waals surface area contributed by atoms with Crippen LogP contribution in [0.1, 0.15) is 0 Å². The molecule has 4 nitrogen and oxygen atoms in total. The molecule has 0 N–H and O–H groups in total. The molecule has 0 amide bonds. The SMILES string of the molecule is O=[Te](=O)(OF)OCl.[BiH3]. The van der Waals surface area contributed by atoms with Crippen molar-refractivity contribution in [1.29, 1.82) is 0 Å². The van der Waals surface area contributed by atoms with Gasteiger partial charge in [0.1, 0.15) is 0 Å². The van der Waals surface area contributed by atoms with Crippen molar-refractivity contribution in [2.24, 2.45) is 0 Å². The summed E-state index contributed by atoms with van der Waals surface area (Å²) in [6.07, 6.45) is 0. The first kappa shape index (κ1) is 12.1. The molecule has 0 rings (SSSR count). The fourth-order valence-corrected chi connectivity index (χ4v) is 0.196. The van der Waals surface area contributed by atoms with Crippen LogP contribution < -0.4 is 0 Å². The van der Waals surface area contributed by atoms with Crippen LogP contribution in [0.4, 0.5) is 4.53 Å². The summed E-state index contributed by atoms with van der Waals surface area (Å²) in [5.74, 6) is 0. The van der Waals surface area contributed by atoms with Crippen molar-refractivity contribution < 1.29 is 16.7 Å². The van der Waals surface area contributed by atoms with Crippen LogP contribution in [0, 0.1) is 0 Å². The van der Waals surface area contributed by atoms with Gasteiger partial charge in [-0.15, -0.1) is 0 Å². The molecule has 0 saturated carbocycles. The van der Waals surface area contributed by atoms with Gasteiger partial charge in [-0.2, -0.15) is 0 Å². The van der Waals surface area contributed by atoms with E-state index >= 15 is 0 Å². The van der Waals surface area contributed by atoms with E-state index in [1.165, 1.54) is 0 Å². The molecule has 0 saturated heterocycles. The van der Waals surface area contributed by atoms with Crippen molar-refractivity contribution in [2.75, 3.05) is 0 Å². The van der Waals surface area contributed by atoms with Crippen molar-refractivity contribution in [3.63, 3.8) is 0 Å². The summed E-state index contributed by atoms with van der Waals surface area (Å²) in [4.78, 5) is 0. The zero-order valence-corrected chi connectivity index (χ0v) is 12.1. The molecule has 52 valence electrons. The van der Waals surface area contributed by atoms with Gasteiger partial charge in [-0.3, -0.25) is 0 Å². The third kappa shape index (κ3) is 5.55. The summed E-state index contributed by atoms with van der Waals surface area (Å²) in [6, 6.07) is 0. The van der Waals surface area contributed by atoms with Gasteiger partial charge in [0, 0.05) is 0 Å². The molecular formula is H3BiClFO4Te. The minimum absolute atomic E-state index is 0. The van der Waals surface area contributed by atoms with E-state index in [4.69, 9.17) is 0 Å². The van der Waals surface area contributed by atoms with Gasteiger partial charge >= 0.3 is 73.7 Å². The predicted molar refractivity (Wildman–Crippen MR) is 26.2 cm³/mol. The van der Waals surface area contributed by atoms with E-state index in [1.54, 1.807) is 0 Å². The molecular weight excluding hydrogens is 455 g/mol. The quantitative estimate of drug-likeness (QED) is 0.508. The van der Waals surface area contributed by atoms with E-state index in [2.05, 4.69) is 17.8 Å². The van der Waals surface area contributed by atoms with Gasteiger partial charge in [-0.25, -0.2) is 0 Å². The first-order valence-electron chi connectivity index (χ1n) is 0.975. The van der Waals surface area contributed by atoms with E-state index in [0.717, 1.165) is 0 Å². The summed E-state index contributed by atoms with van der Waals surface area (Å²) in [7, 11) is 0. The molecule has 0 unspecified atom stereocenters. The Labute approximate surface area is 73.1 Å². The molecule has 0 radical (unpaired) electrons. The maximum absolute atomic E-state index is 10.5. The first-order chi connectivity index (χ1) is 3.12. The average molecular weight is 458 g/mol. The zero-order chi connectivity index (χ0) is 5.91. The molecule has 0 spiro atoms. The van der Waals surface area contributed by atoms with Gasteiger partial charge in [0.2, 0.25) is 0 Å². The second-order valence-electron chi connectivity index (χ2n) is 0.534. The number of hydrogen-bond acceptors (Lipinski definition) is 4. The van der Waals surface area contributed by atoms with Gasteiger partial charge in [0.05, 0.1) is 0 Å². The van der Waals surface area contributed by atoms with E-state index in [0.29, 0.717) is 0 Å². The molecule has 0 atom stereocenters. The van der Waals surface area contributed by atoms with E-state index in [-0.39, 0.29) is 26.2 Å². The van der Waals surface area contributed by atoms with Gasteiger partial charge in [-0.1, -0.05) is 0 Å². The molecule has 0 aromatic heterocycles. The fourth-order valence-electron chi connectivity index (χ4n) is 0.00972. The van der Waals surface area contributed by atoms with E-state index in [9.17, 15) is 10.7 Å². The van der Waals surface area contributed by atoms with Crippen molar-refractivity contribution >= 4 is 57.0 Å². The van der Waals surface area contributed by atoms with Crippen LogP contribution in [0.15, 0.2) is 0 Å². The Morgan fingerprint density at radius 1 is 1.50 bits per heavy atom. The van der Waals surface area contributed by atoms with Crippen LogP contribution in [0.3, 0.4) is 0 Å². The third-order valence-corrected chi connectivity index (χ3v) is 2.07. The second-order valence-corrected chi connectivity index (χ2v) is 4.43. The van der Waals surface area contributed by atoms with Gasteiger partial charge in [0.25, 0.3) is 0 Å². The van der Waals surface area contributed by atoms with Crippen LogP contribution >= 0.6 is 11.9 Å². The predicted octanol–water partition coefficient (Wildman–Crippen LogP) is -0.829. The summed E-state index contributed by atoms with van der Waals surface area (Å²) in [5, 5.41) is 0. The Hall–Kier alpha value is 1.41. The molecule has 0 aliphatic heterocycles. The Morgan fingerprint density at radius 2 is 1.88 bits per heavy atom. The Morgan fingerprint density at radius 3 is 1.88 bits per heavy atom. The molecule has 8 heteroatoms. The molecule has 0 aliphatic carbocycles. The summed E-state index contributed by atoms with van der Waals surface area (Å²) < 4.78 is 34.9. The third-order valence-electron chi connectivity index (χ3n) is 0.154. The molecule has 0 bridgehead atoms. The average Bonchev–Trinajstić information content (AvgIpc) is 1.68. The van der Waals surface area contributed by atoms with E-state index in [1.807, 2.05) is 0 Å². The van der Waals surface area contributed by atoms with Crippen LogP contribution in [0.5, 0.6) is 0 Å². The van der Waals surface area contributed by atoms with Crippen molar-refractivity contribution in [3.05, 3.63) is 0 Å². The van der Waals surface area contributed by atoms with Gasteiger partial charge in [0.15, 0.2) is 0 Å². The number of halogens is 2. The molecule has 0 aromatic rings. The van der Waals surface area contributed by atoms with Crippen LogP contribution in [0.25, 0.3) is 0 Å². The summed E-state index contributed by atoms with van der Waals surface area (Å²) in [6.45, 7) is 0. The molecule has 0 aromatic carbocycles. The summed E-state index contributed by atoms with van der Waals surface area (Å²) in [5.41, 5.74) is 0. The van der Waals surface area contributed by atoms with Crippen molar-refractivity contribution in [1.82, 2.24) is 0 Å². The van der Waals surface area contributed by atoms with Crippen LogP contribution in [-0.2, 0) is 12.2 Å². The minimum atomic E-state index is -5.51. The molecule has 0 heterocycles. The van der Waals surface area contributed by atoms with Crippen LogP contribution in [0.2, 0.25) is 0 Å². The molecule has 0 aliphatic rings. The number of hydrogen-bond donors (Lipinski definition) is 0. The van der Waals surface area contributed by atoms with Gasteiger partial charge < -0.3 is 0 Å². The van der Waals surface area contributed by atoms with Crippen molar-refractivity contribution in [2.45, 2.75) is 0 Å². The molecule has 0 fully saturated rings. The van der Waals surface area contributed by atoms with E-state index < -0.39 is 19.0 Å². The monoisotopic (exact) mass is 460 g/mol. The fraction of sp³-hybridized carbons (Fsp3) is 0. The molecule has 8 heavy (non-hydrogen) atoms. The Balaban J connectivity index is 0. The number of rotatable bonds is 2. The normalized spacial score (nSPS) is 10.2.